The Hall–Kier alpha value is -2.43. The predicted molar refractivity (Wildman–Crippen MR) is 106 cm³/mol. The molecule has 2 atom stereocenters. The number of aliphatic hydroxyl groups is 1. The van der Waals surface area contributed by atoms with Crippen LogP contribution in [-0.2, 0) is 0 Å². The molecule has 0 aliphatic heterocycles. The molecular weight excluding hydrogens is 322 g/mol. The topological polar surface area (TPSA) is 50.1 Å². The fourth-order valence-corrected chi connectivity index (χ4v) is 3.28. The Morgan fingerprint density at radius 2 is 1.77 bits per heavy atom. The highest BCUT2D eigenvalue weighted by molar-refractivity contribution is 5.36. The van der Waals surface area contributed by atoms with Crippen molar-refractivity contribution in [3.8, 4) is 5.69 Å². The first kappa shape index (κ1) is 18.4. The van der Waals surface area contributed by atoms with Crippen molar-refractivity contribution >= 4 is 0 Å². The first-order chi connectivity index (χ1) is 12.7. The van der Waals surface area contributed by atoms with Gasteiger partial charge in [0.1, 0.15) is 5.82 Å². The van der Waals surface area contributed by atoms with Gasteiger partial charge in [0.15, 0.2) is 0 Å². The third kappa shape index (κ3) is 4.40. The molecule has 4 heteroatoms. The van der Waals surface area contributed by atoms with Crippen LogP contribution in [0.3, 0.4) is 0 Å². The van der Waals surface area contributed by atoms with Crippen LogP contribution in [0.25, 0.3) is 5.69 Å². The lowest BCUT2D eigenvalue weighted by Gasteiger charge is -2.21. The SMILES string of the molecule is Cc1nccn1-c1ccc(C(C)NCC(CCO)c2ccccc2)cc1. The summed E-state index contributed by atoms with van der Waals surface area (Å²) in [6.45, 7) is 5.23. The average Bonchev–Trinajstić information content (AvgIpc) is 3.11. The Bertz CT molecular complexity index is 796. The highest BCUT2D eigenvalue weighted by Crippen LogP contribution is 2.21. The molecule has 3 aromatic rings. The summed E-state index contributed by atoms with van der Waals surface area (Å²) >= 11 is 0. The van der Waals surface area contributed by atoms with Crippen LogP contribution in [0.5, 0.6) is 0 Å². The minimum Gasteiger partial charge on any atom is -0.396 e. The zero-order chi connectivity index (χ0) is 18.4. The number of nitrogens with zero attached hydrogens (tertiary/aromatic N) is 2. The Labute approximate surface area is 155 Å². The average molecular weight is 349 g/mol. The first-order valence-corrected chi connectivity index (χ1v) is 9.18. The van der Waals surface area contributed by atoms with Crippen LogP contribution in [0.15, 0.2) is 67.0 Å². The number of hydrogen-bond acceptors (Lipinski definition) is 3. The molecule has 0 aliphatic carbocycles. The van der Waals surface area contributed by atoms with Gasteiger partial charge in [0.05, 0.1) is 0 Å². The molecule has 3 rings (SSSR count). The van der Waals surface area contributed by atoms with E-state index in [1.165, 1.54) is 11.1 Å². The van der Waals surface area contributed by atoms with Gasteiger partial charge in [-0.25, -0.2) is 4.98 Å². The normalized spacial score (nSPS) is 13.5. The number of imidazole rings is 1. The summed E-state index contributed by atoms with van der Waals surface area (Å²) < 4.78 is 2.08. The molecule has 0 aliphatic rings. The molecule has 0 saturated carbocycles. The van der Waals surface area contributed by atoms with Crippen LogP contribution >= 0.6 is 0 Å². The van der Waals surface area contributed by atoms with Crippen LogP contribution in [0.1, 0.15) is 42.3 Å². The summed E-state index contributed by atoms with van der Waals surface area (Å²) in [7, 11) is 0. The molecule has 2 unspecified atom stereocenters. The van der Waals surface area contributed by atoms with Crippen molar-refractivity contribution in [3.63, 3.8) is 0 Å². The number of hydrogen-bond donors (Lipinski definition) is 2. The van der Waals surface area contributed by atoms with Crippen LogP contribution < -0.4 is 5.32 Å². The van der Waals surface area contributed by atoms with E-state index in [4.69, 9.17) is 0 Å². The monoisotopic (exact) mass is 349 g/mol. The maximum Gasteiger partial charge on any atom is 0.110 e. The van der Waals surface area contributed by atoms with Crippen molar-refractivity contribution in [2.75, 3.05) is 13.2 Å². The smallest absolute Gasteiger partial charge is 0.110 e. The molecule has 0 spiro atoms. The molecule has 4 nitrogen and oxygen atoms in total. The zero-order valence-corrected chi connectivity index (χ0v) is 15.5. The van der Waals surface area contributed by atoms with E-state index in [-0.39, 0.29) is 12.6 Å². The molecule has 0 radical (unpaired) electrons. The minimum atomic E-state index is 0.203. The lowest BCUT2D eigenvalue weighted by Crippen LogP contribution is -2.25. The standard InChI is InChI=1S/C22H27N3O/c1-17(24-16-21(12-15-26)20-6-4-3-5-7-20)19-8-10-22(11-9-19)25-14-13-23-18(25)2/h3-11,13-14,17,21,24,26H,12,15-16H2,1-2H3. The number of rotatable bonds is 8. The molecule has 0 fully saturated rings. The number of aromatic nitrogens is 2. The van der Waals surface area contributed by atoms with E-state index in [1.807, 2.05) is 25.4 Å². The summed E-state index contributed by atoms with van der Waals surface area (Å²) in [6, 6.07) is 19.2. The number of aliphatic hydroxyl groups excluding tert-OH is 1. The maximum atomic E-state index is 9.39. The van der Waals surface area contributed by atoms with Crippen LogP contribution in [0, 0.1) is 6.92 Å². The van der Waals surface area contributed by atoms with Gasteiger partial charge < -0.3 is 15.0 Å². The first-order valence-electron chi connectivity index (χ1n) is 9.18. The molecule has 1 aromatic heterocycles. The molecular formula is C22H27N3O. The van der Waals surface area contributed by atoms with Crippen LogP contribution in [0.2, 0.25) is 0 Å². The van der Waals surface area contributed by atoms with E-state index in [1.54, 1.807) is 0 Å². The van der Waals surface area contributed by atoms with E-state index in [9.17, 15) is 5.11 Å². The van der Waals surface area contributed by atoms with Crippen LogP contribution in [-0.4, -0.2) is 27.8 Å². The second kappa shape index (κ2) is 8.79. The Morgan fingerprint density at radius 1 is 1.04 bits per heavy atom. The van der Waals surface area contributed by atoms with E-state index in [0.717, 1.165) is 24.5 Å². The highest BCUT2D eigenvalue weighted by atomic mass is 16.3. The van der Waals surface area contributed by atoms with Crippen molar-refractivity contribution in [1.29, 1.82) is 0 Å². The van der Waals surface area contributed by atoms with Crippen molar-refractivity contribution in [1.82, 2.24) is 14.9 Å². The second-order valence-electron chi connectivity index (χ2n) is 6.69. The molecule has 26 heavy (non-hydrogen) atoms. The number of benzene rings is 2. The number of aryl methyl sites for hydroxylation is 1. The molecule has 2 N–H and O–H groups in total. The van der Waals surface area contributed by atoms with Gasteiger partial charge >= 0.3 is 0 Å². The van der Waals surface area contributed by atoms with Gasteiger partial charge in [-0.2, -0.15) is 0 Å². The van der Waals surface area contributed by atoms with Crippen molar-refractivity contribution in [2.24, 2.45) is 0 Å². The molecule has 0 saturated heterocycles. The van der Waals surface area contributed by atoms with Crippen LogP contribution in [0.4, 0.5) is 0 Å². The van der Waals surface area contributed by atoms with Gasteiger partial charge in [0.2, 0.25) is 0 Å². The zero-order valence-electron chi connectivity index (χ0n) is 15.5. The Balaban J connectivity index is 1.64. The summed E-state index contributed by atoms with van der Waals surface area (Å²) in [5.41, 5.74) is 3.65. The van der Waals surface area contributed by atoms with E-state index in [0.29, 0.717) is 5.92 Å². The minimum absolute atomic E-state index is 0.203. The molecule has 136 valence electrons. The van der Waals surface area contributed by atoms with Gasteiger partial charge in [-0.05, 0) is 49.4 Å². The fourth-order valence-electron chi connectivity index (χ4n) is 3.28. The fraction of sp³-hybridized carbons (Fsp3) is 0.318. The molecule has 1 heterocycles. The predicted octanol–water partition coefficient (Wildman–Crippen LogP) is 4.00. The van der Waals surface area contributed by atoms with Crippen molar-refractivity contribution in [3.05, 3.63) is 83.9 Å². The highest BCUT2D eigenvalue weighted by Gasteiger charge is 2.13. The van der Waals surface area contributed by atoms with Gasteiger partial charge in [-0.1, -0.05) is 42.5 Å². The lowest BCUT2D eigenvalue weighted by molar-refractivity contribution is 0.272. The van der Waals surface area contributed by atoms with Crippen molar-refractivity contribution < 1.29 is 5.11 Å². The summed E-state index contributed by atoms with van der Waals surface area (Å²) in [5.74, 6) is 1.30. The lowest BCUT2D eigenvalue weighted by atomic mass is 9.95. The molecule has 0 bridgehead atoms. The Morgan fingerprint density at radius 3 is 2.38 bits per heavy atom. The van der Waals surface area contributed by atoms with Gasteiger partial charge in [-0.15, -0.1) is 0 Å². The van der Waals surface area contributed by atoms with Gasteiger partial charge in [0.25, 0.3) is 0 Å². The van der Waals surface area contributed by atoms with Gasteiger partial charge in [0, 0.05) is 37.3 Å². The third-order valence-electron chi connectivity index (χ3n) is 4.92. The summed E-state index contributed by atoms with van der Waals surface area (Å²) in [5, 5.41) is 13.0. The third-order valence-corrected chi connectivity index (χ3v) is 4.92. The summed E-state index contributed by atoms with van der Waals surface area (Å²) in [6.07, 6.45) is 4.56. The maximum absolute atomic E-state index is 9.39. The number of nitrogens with one attached hydrogen (secondary N) is 1. The largest absolute Gasteiger partial charge is 0.396 e. The van der Waals surface area contributed by atoms with Crippen molar-refractivity contribution in [2.45, 2.75) is 32.2 Å². The quantitative estimate of drug-likeness (QED) is 0.646. The van der Waals surface area contributed by atoms with E-state index < -0.39 is 0 Å². The van der Waals surface area contributed by atoms with Gasteiger partial charge in [-0.3, -0.25) is 0 Å². The van der Waals surface area contributed by atoms with E-state index >= 15 is 0 Å². The van der Waals surface area contributed by atoms with E-state index in [2.05, 4.69) is 70.3 Å². The molecule has 0 amide bonds. The molecule has 2 aromatic carbocycles. The Kier molecular flexibility index (Phi) is 6.21. The second-order valence-corrected chi connectivity index (χ2v) is 6.69. The summed E-state index contributed by atoms with van der Waals surface area (Å²) in [4.78, 5) is 4.28.